The lowest BCUT2D eigenvalue weighted by Gasteiger charge is -2.10. The summed E-state index contributed by atoms with van der Waals surface area (Å²) in [5, 5.41) is 0. The van der Waals surface area contributed by atoms with Crippen molar-refractivity contribution < 1.29 is 0 Å². The predicted octanol–water partition coefficient (Wildman–Crippen LogP) is 3.85. The van der Waals surface area contributed by atoms with Crippen molar-refractivity contribution in [2.45, 2.75) is 19.8 Å². The van der Waals surface area contributed by atoms with Crippen LogP contribution in [-0.4, -0.2) is 14.4 Å². The van der Waals surface area contributed by atoms with Crippen LogP contribution < -0.4 is 5.56 Å². The summed E-state index contributed by atoms with van der Waals surface area (Å²) in [5.41, 5.74) is 5.91. The quantitative estimate of drug-likeness (QED) is 0.566. The van der Waals surface area contributed by atoms with Crippen LogP contribution in [0.25, 0.3) is 16.9 Å². The second kappa shape index (κ2) is 6.92. The average molecular weight is 341 g/mol. The molecular formula is C22H19N3O. The fraction of sp³-hybridized carbons (Fsp3) is 0.136. The van der Waals surface area contributed by atoms with Gasteiger partial charge in [-0.25, -0.2) is 4.98 Å². The molecule has 0 aliphatic carbocycles. The Hall–Kier alpha value is -3.27. The van der Waals surface area contributed by atoms with Crippen LogP contribution >= 0.6 is 0 Å². The van der Waals surface area contributed by atoms with Crippen molar-refractivity contribution in [3.05, 3.63) is 100 Å². The van der Waals surface area contributed by atoms with Crippen LogP contribution in [-0.2, 0) is 12.8 Å². The van der Waals surface area contributed by atoms with Crippen molar-refractivity contribution in [1.82, 2.24) is 14.4 Å². The van der Waals surface area contributed by atoms with E-state index in [2.05, 4.69) is 42.2 Å². The molecule has 0 amide bonds. The second-order valence-electron chi connectivity index (χ2n) is 6.37. The van der Waals surface area contributed by atoms with Gasteiger partial charge in [0.1, 0.15) is 5.65 Å². The Bertz CT molecular complexity index is 1120. The van der Waals surface area contributed by atoms with Crippen LogP contribution in [0.5, 0.6) is 0 Å². The number of pyridine rings is 2. The first kappa shape index (κ1) is 16.2. The van der Waals surface area contributed by atoms with Crippen molar-refractivity contribution in [3.63, 3.8) is 0 Å². The molecule has 0 spiro atoms. The lowest BCUT2D eigenvalue weighted by atomic mass is 10.0. The smallest absolute Gasteiger partial charge is 0.258 e. The number of hydrogen-bond acceptors (Lipinski definition) is 3. The van der Waals surface area contributed by atoms with Gasteiger partial charge in [-0.3, -0.25) is 14.2 Å². The van der Waals surface area contributed by atoms with Crippen LogP contribution in [0.4, 0.5) is 0 Å². The molecule has 0 aliphatic heterocycles. The van der Waals surface area contributed by atoms with Gasteiger partial charge in [-0.05, 0) is 54.7 Å². The SMILES string of the molecule is Cc1ccccc1CCc1cccn2c(=O)cc(-c3ccncc3)nc12. The standard InChI is InChI=1S/C22H19N3O/c1-16-5-2-3-6-17(16)8-9-19-7-4-14-25-21(26)15-20(24-22(19)25)18-10-12-23-13-11-18/h2-7,10-15H,8-9H2,1H3. The average Bonchev–Trinajstić information content (AvgIpc) is 2.68. The minimum Gasteiger partial charge on any atom is -0.269 e. The van der Waals surface area contributed by atoms with Crippen molar-refractivity contribution in [2.75, 3.05) is 0 Å². The molecule has 4 aromatic rings. The van der Waals surface area contributed by atoms with Gasteiger partial charge in [0.25, 0.3) is 5.56 Å². The molecule has 0 fully saturated rings. The van der Waals surface area contributed by atoms with E-state index in [-0.39, 0.29) is 5.56 Å². The van der Waals surface area contributed by atoms with Crippen molar-refractivity contribution in [3.8, 4) is 11.3 Å². The van der Waals surface area contributed by atoms with E-state index < -0.39 is 0 Å². The predicted molar refractivity (Wildman–Crippen MR) is 103 cm³/mol. The second-order valence-corrected chi connectivity index (χ2v) is 6.37. The maximum Gasteiger partial charge on any atom is 0.258 e. The van der Waals surface area contributed by atoms with Crippen LogP contribution in [0.3, 0.4) is 0 Å². The fourth-order valence-electron chi connectivity index (χ4n) is 3.21. The molecule has 4 nitrogen and oxygen atoms in total. The summed E-state index contributed by atoms with van der Waals surface area (Å²) in [5.74, 6) is 0. The highest BCUT2D eigenvalue weighted by molar-refractivity contribution is 5.62. The third-order valence-electron chi connectivity index (χ3n) is 4.67. The third kappa shape index (κ3) is 3.14. The van der Waals surface area contributed by atoms with E-state index in [0.29, 0.717) is 5.69 Å². The first-order chi connectivity index (χ1) is 12.7. The van der Waals surface area contributed by atoms with E-state index in [4.69, 9.17) is 4.98 Å². The summed E-state index contributed by atoms with van der Waals surface area (Å²) >= 11 is 0. The van der Waals surface area contributed by atoms with Crippen molar-refractivity contribution >= 4 is 5.65 Å². The Morgan fingerprint density at radius 3 is 2.46 bits per heavy atom. The molecule has 3 aromatic heterocycles. The Morgan fingerprint density at radius 1 is 0.923 bits per heavy atom. The van der Waals surface area contributed by atoms with E-state index in [0.717, 1.165) is 29.6 Å². The van der Waals surface area contributed by atoms with Gasteiger partial charge in [0.05, 0.1) is 5.69 Å². The molecule has 0 unspecified atom stereocenters. The zero-order valence-electron chi connectivity index (χ0n) is 14.6. The topological polar surface area (TPSA) is 47.3 Å². The molecule has 0 saturated carbocycles. The van der Waals surface area contributed by atoms with E-state index in [9.17, 15) is 4.79 Å². The molecule has 0 bridgehead atoms. The first-order valence-corrected chi connectivity index (χ1v) is 8.68. The Kier molecular flexibility index (Phi) is 4.32. The number of aromatic nitrogens is 3. The third-order valence-corrected chi connectivity index (χ3v) is 4.67. The Morgan fingerprint density at radius 2 is 1.65 bits per heavy atom. The highest BCUT2D eigenvalue weighted by atomic mass is 16.1. The number of benzene rings is 1. The summed E-state index contributed by atoms with van der Waals surface area (Å²) in [6.07, 6.45) is 6.95. The van der Waals surface area contributed by atoms with E-state index >= 15 is 0 Å². The zero-order chi connectivity index (χ0) is 17.9. The number of rotatable bonds is 4. The number of nitrogens with zero attached hydrogens (tertiary/aromatic N) is 3. The summed E-state index contributed by atoms with van der Waals surface area (Å²) in [6, 6.07) is 17.7. The van der Waals surface area contributed by atoms with E-state index in [1.807, 2.05) is 18.2 Å². The summed E-state index contributed by atoms with van der Waals surface area (Å²) in [4.78, 5) is 21.4. The number of hydrogen-bond donors (Lipinski definition) is 0. The highest BCUT2D eigenvalue weighted by Crippen LogP contribution is 2.18. The Labute approximate surface area is 151 Å². The lowest BCUT2D eigenvalue weighted by molar-refractivity contribution is 0.927. The van der Waals surface area contributed by atoms with Crippen LogP contribution in [0, 0.1) is 6.92 Å². The van der Waals surface area contributed by atoms with Crippen LogP contribution in [0.15, 0.2) is 78.0 Å². The zero-order valence-corrected chi connectivity index (χ0v) is 14.6. The molecule has 0 radical (unpaired) electrons. The van der Waals surface area contributed by atoms with Crippen molar-refractivity contribution in [1.29, 1.82) is 0 Å². The van der Waals surface area contributed by atoms with Gasteiger partial charge < -0.3 is 0 Å². The normalized spacial score (nSPS) is 11.0. The first-order valence-electron chi connectivity index (χ1n) is 8.68. The largest absolute Gasteiger partial charge is 0.269 e. The molecule has 0 saturated heterocycles. The molecule has 26 heavy (non-hydrogen) atoms. The lowest BCUT2D eigenvalue weighted by Crippen LogP contribution is -2.15. The Balaban J connectivity index is 1.76. The molecule has 1 aromatic carbocycles. The van der Waals surface area contributed by atoms with E-state index in [1.165, 1.54) is 11.1 Å². The van der Waals surface area contributed by atoms with Gasteiger partial charge in [-0.1, -0.05) is 30.3 Å². The molecule has 3 heterocycles. The summed E-state index contributed by atoms with van der Waals surface area (Å²) in [6.45, 7) is 2.13. The van der Waals surface area contributed by atoms with Gasteiger partial charge in [0, 0.05) is 30.2 Å². The number of fused-ring (bicyclic) bond motifs is 1. The maximum atomic E-state index is 12.6. The van der Waals surface area contributed by atoms with Gasteiger partial charge >= 0.3 is 0 Å². The van der Waals surface area contributed by atoms with E-state index in [1.54, 1.807) is 29.1 Å². The number of aryl methyl sites for hydroxylation is 3. The molecule has 4 rings (SSSR count). The van der Waals surface area contributed by atoms with Gasteiger partial charge in [-0.15, -0.1) is 0 Å². The highest BCUT2D eigenvalue weighted by Gasteiger charge is 2.09. The minimum absolute atomic E-state index is 0.0699. The molecule has 0 aliphatic rings. The fourth-order valence-corrected chi connectivity index (χ4v) is 3.21. The monoisotopic (exact) mass is 341 g/mol. The van der Waals surface area contributed by atoms with Gasteiger partial charge in [0.15, 0.2) is 0 Å². The molecule has 4 heteroatoms. The summed E-state index contributed by atoms with van der Waals surface area (Å²) in [7, 11) is 0. The minimum atomic E-state index is -0.0699. The molecule has 128 valence electrons. The molecule has 0 N–H and O–H groups in total. The molecule has 0 atom stereocenters. The van der Waals surface area contributed by atoms with Gasteiger partial charge in [0.2, 0.25) is 0 Å². The summed E-state index contributed by atoms with van der Waals surface area (Å²) < 4.78 is 1.62. The molecular weight excluding hydrogens is 322 g/mol. The maximum absolute atomic E-state index is 12.6. The van der Waals surface area contributed by atoms with Crippen LogP contribution in [0.1, 0.15) is 16.7 Å². The van der Waals surface area contributed by atoms with Gasteiger partial charge in [-0.2, -0.15) is 0 Å². The van der Waals surface area contributed by atoms with Crippen LogP contribution in [0.2, 0.25) is 0 Å². The van der Waals surface area contributed by atoms with Crippen molar-refractivity contribution in [2.24, 2.45) is 0 Å².